The SMILES string of the molecule is Fc1c(F)c(C(F)(F)F)c(F)c(F)c1N=NCc1ccccc1OCc1ccc(Cl)cc1Cl. The van der Waals surface area contributed by atoms with Gasteiger partial charge in [0.15, 0.2) is 29.0 Å². The van der Waals surface area contributed by atoms with E-state index >= 15 is 0 Å². The van der Waals surface area contributed by atoms with Crippen LogP contribution >= 0.6 is 23.2 Å². The summed E-state index contributed by atoms with van der Waals surface area (Å²) in [5.41, 5.74) is -3.34. The van der Waals surface area contributed by atoms with Crippen LogP contribution in [-0.2, 0) is 19.3 Å². The lowest BCUT2D eigenvalue weighted by Gasteiger charge is -2.12. The van der Waals surface area contributed by atoms with E-state index in [1.165, 1.54) is 12.1 Å². The molecular formula is C21H11Cl2F7N2O. The van der Waals surface area contributed by atoms with E-state index in [4.69, 9.17) is 27.9 Å². The van der Waals surface area contributed by atoms with E-state index in [-0.39, 0.29) is 18.9 Å². The van der Waals surface area contributed by atoms with Gasteiger partial charge in [0.1, 0.15) is 17.9 Å². The minimum atomic E-state index is -5.64. The molecule has 0 amide bonds. The highest BCUT2D eigenvalue weighted by Gasteiger charge is 2.42. The third-order valence-corrected chi connectivity index (χ3v) is 4.89. The summed E-state index contributed by atoms with van der Waals surface area (Å²) in [6.07, 6.45) is -5.64. The van der Waals surface area contributed by atoms with Gasteiger partial charge in [0.2, 0.25) is 0 Å². The number of ether oxygens (including phenoxy) is 1. The Morgan fingerprint density at radius 2 is 1.45 bits per heavy atom. The van der Waals surface area contributed by atoms with E-state index < -0.39 is 40.7 Å². The lowest BCUT2D eigenvalue weighted by atomic mass is 10.1. The van der Waals surface area contributed by atoms with E-state index in [1.807, 2.05) is 0 Å². The summed E-state index contributed by atoms with van der Waals surface area (Å²) in [5.74, 6) is -9.56. The smallest absolute Gasteiger partial charge is 0.422 e. The van der Waals surface area contributed by atoms with Crippen molar-refractivity contribution in [3.8, 4) is 5.75 Å². The highest BCUT2D eigenvalue weighted by Crippen LogP contribution is 2.39. The van der Waals surface area contributed by atoms with Crippen LogP contribution in [0.25, 0.3) is 0 Å². The first-order valence-corrected chi connectivity index (χ1v) is 9.71. The number of hydrogen-bond acceptors (Lipinski definition) is 3. The molecule has 0 N–H and O–H groups in total. The van der Waals surface area contributed by atoms with Crippen molar-refractivity contribution in [2.24, 2.45) is 10.2 Å². The first kappa shape index (κ1) is 24.8. The standard InChI is InChI=1S/C21H11Cl2F7N2O/c22-12-6-5-11(13(23)7-12)9-33-14-4-2-1-3-10(14)8-31-32-20-18(26)16(24)15(21(28,29)30)17(25)19(20)27/h1-7H,8-9H2. The van der Waals surface area contributed by atoms with E-state index in [1.54, 1.807) is 30.3 Å². The number of para-hydroxylation sites is 1. The van der Waals surface area contributed by atoms with Crippen molar-refractivity contribution < 1.29 is 35.5 Å². The molecule has 3 aromatic rings. The van der Waals surface area contributed by atoms with Gasteiger partial charge in [0.25, 0.3) is 0 Å². The second-order valence-electron chi connectivity index (χ2n) is 6.51. The molecule has 12 heteroatoms. The van der Waals surface area contributed by atoms with Crippen LogP contribution in [0, 0.1) is 23.3 Å². The molecule has 33 heavy (non-hydrogen) atoms. The average molecular weight is 511 g/mol. The number of alkyl halides is 3. The lowest BCUT2D eigenvalue weighted by Crippen LogP contribution is -2.14. The van der Waals surface area contributed by atoms with Crippen molar-refractivity contribution in [1.82, 2.24) is 0 Å². The first-order valence-electron chi connectivity index (χ1n) is 8.96. The van der Waals surface area contributed by atoms with Gasteiger partial charge < -0.3 is 4.74 Å². The molecule has 0 atom stereocenters. The third-order valence-electron chi connectivity index (χ3n) is 4.31. The average Bonchev–Trinajstić information content (AvgIpc) is 2.74. The van der Waals surface area contributed by atoms with Crippen LogP contribution in [-0.4, -0.2) is 0 Å². The van der Waals surface area contributed by atoms with Crippen LogP contribution in [0.1, 0.15) is 16.7 Å². The summed E-state index contributed by atoms with van der Waals surface area (Å²) in [6.45, 7) is -0.337. The summed E-state index contributed by atoms with van der Waals surface area (Å²) < 4.78 is 98.9. The normalized spacial score (nSPS) is 11.9. The monoisotopic (exact) mass is 510 g/mol. The van der Waals surface area contributed by atoms with Gasteiger partial charge in [-0.05, 0) is 18.2 Å². The van der Waals surface area contributed by atoms with Gasteiger partial charge in [-0.15, -0.1) is 5.11 Å². The Balaban J connectivity index is 1.82. The molecule has 0 fully saturated rings. The second-order valence-corrected chi connectivity index (χ2v) is 7.35. The topological polar surface area (TPSA) is 34.0 Å². The summed E-state index contributed by atoms with van der Waals surface area (Å²) in [5, 5.41) is 7.31. The molecule has 0 bridgehead atoms. The fourth-order valence-corrected chi connectivity index (χ4v) is 3.17. The Labute approximate surface area is 192 Å². The number of hydrogen-bond donors (Lipinski definition) is 0. The van der Waals surface area contributed by atoms with Crippen LogP contribution < -0.4 is 4.74 Å². The van der Waals surface area contributed by atoms with Crippen molar-refractivity contribution in [3.05, 3.63) is 92.5 Å². The fourth-order valence-electron chi connectivity index (χ4n) is 2.71. The molecule has 0 saturated heterocycles. The summed E-state index contributed by atoms with van der Waals surface area (Å²) in [4.78, 5) is 0. The maximum Gasteiger partial charge on any atom is 0.422 e. The molecule has 0 aliphatic carbocycles. The summed E-state index contributed by atoms with van der Waals surface area (Å²) in [7, 11) is 0. The van der Waals surface area contributed by atoms with Gasteiger partial charge in [0.05, 0.1) is 6.54 Å². The van der Waals surface area contributed by atoms with Gasteiger partial charge in [-0.25, -0.2) is 17.6 Å². The van der Waals surface area contributed by atoms with E-state index in [0.29, 0.717) is 21.2 Å². The Bertz CT molecular complexity index is 1190. The van der Waals surface area contributed by atoms with Gasteiger partial charge in [-0.2, -0.15) is 18.3 Å². The minimum absolute atomic E-state index is 0.0305. The van der Waals surface area contributed by atoms with E-state index in [2.05, 4.69) is 10.2 Å². The predicted molar refractivity (Wildman–Crippen MR) is 107 cm³/mol. The quantitative estimate of drug-likeness (QED) is 0.186. The van der Waals surface area contributed by atoms with Crippen LogP contribution in [0.3, 0.4) is 0 Å². The van der Waals surface area contributed by atoms with Crippen LogP contribution in [0.5, 0.6) is 5.75 Å². The number of rotatable bonds is 6. The fraction of sp³-hybridized carbons (Fsp3) is 0.143. The Kier molecular flexibility index (Phi) is 7.48. The molecule has 0 radical (unpaired) electrons. The molecule has 0 heterocycles. The van der Waals surface area contributed by atoms with Gasteiger partial charge in [0, 0.05) is 21.2 Å². The summed E-state index contributed by atoms with van der Waals surface area (Å²) in [6, 6.07) is 11.1. The predicted octanol–water partition coefficient (Wildman–Crippen LogP) is 8.43. The van der Waals surface area contributed by atoms with Crippen molar-refractivity contribution >= 4 is 28.9 Å². The van der Waals surface area contributed by atoms with Crippen LogP contribution in [0.2, 0.25) is 10.0 Å². The molecule has 174 valence electrons. The summed E-state index contributed by atoms with van der Waals surface area (Å²) >= 11 is 11.9. The molecular weight excluding hydrogens is 500 g/mol. The Morgan fingerprint density at radius 3 is 2.06 bits per heavy atom. The van der Waals surface area contributed by atoms with Crippen LogP contribution in [0.15, 0.2) is 52.7 Å². The molecule has 0 aliphatic heterocycles. The number of benzene rings is 3. The molecule has 0 unspecified atom stereocenters. The maximum absolute atomic E-state index is 13.9. The number of azo groups is 1. The molecule has 3 nitrogen and oxygen atoms in total. The number of nitrogens with zero attached hydrogens (tertiary/aromatic N) is 2. The zero-order valence-electron chi connectivity index (χ0n) is 16.2. The molecule has 0 saturated carbocycles. The number of halogens is 9. The first-order chi connectivity index (χ1) is 15.5. The third kappa shape index (κ3) is 5.56. The van der Waals surface area contributed by atoms with Crippen molar-refractivity contribution in [2.45, 2.75) is 19.3 Å². The molecule has 3 aromatic carbocycles. The van der Waals surface area contributed by atoms with Crippen molar-refractivity contribution in [1.29, 1.82) is 0 Å². The largest absolute Gasteiger partial charge is 0.488 e. The molecule has 3 rings (SSSR count). The Hall–Kier alpha value is -2.85. The van der Waals surface area contributed by atoms with E-state index in [0.717, 1.165) is 0 Å². The molecule has 0 aliphatic rings. The van der Waals surface area contributed by atoms with Gasteiger partial charge >= 0.3 is 6.18 Å². The minimum Gasteiger partial charge on any atom is -0.488 e. The van der Waals surface area contributed by atoms with E-state index in [9.17, 15) is 30.7 Å². The zero-order valence-corrected chi connectivity index (χ0v) is 17.7. The highest BCUT2D eigenvalue weighted by molar-refractivity contribution is 6.35. The lowest BCUT2D eigenvalue weighted by molar-refractivity contribution is -0.143. The van der Waals surface area contributed by atoms with Crippen LogP contribution in [0.4, 0.5) is 36.4 Å². The molecule has 0 spiro atoms. The van der Waals surface area contributed by atoms with Gasteiger partial charge in [-0.1, -0.05) is 47.5 Å². The second kappa shape index (κ2) is 9.96. The maximum atomic E-state index is 13.9. The van der Waals surface area contributed by atoms with Crippen molar-refractivity contribution in [2.75, 3.05) is 0 Å². The van der Waals surface area contributed by atoms with Gasteiger partial charge in [-0.3, -0.25) is 0 Å². The Morgan fingerprint density at radius 1 is 0.818 bits per heavy atom. The molecule has 0 aromatic heterocycles. The zero-order chi connectivity index (χ0) is 24.3. The van der Waals surface area contributed by atoms with Crippen molar-refractivity contribution in [3.63, 3.8) is 0 Å². The highest BCUT2D eigenvalue weighted by atomic mass is 35.5.